The lowest BCUT2D eigenvalue weighted by molar-refractivity contribution is 0.314. The van der Waals surface area contributed by atoms with E-state index in [9.17, 15) is 17.6 Å². The van der Waals surface area contributed by atoms with E-state index in [0.29, 0.717) is 16.7 Å². The Morgan fingerprint density at radius 3 is 1.75 bits per heavy atom. The summed E-state index contributed by atoms with van der Waals surface area (Å²) in [6, 6.07) is 20.2. The third-order valence-electron chi connectivity index (χ3n) is 5.94. The van der Waals surface area contributed by atoms with E-state index in [4.69, 9.17) is 4.74 Å². The van der Waals surface area contributed by atoms with E-state index < -0.39 is 23.3 Å². The molecule has 0 aliphatic carbocycles. The van der Waals surface area contributed by atoms with Crippen molar-refractivity contribution in [1.29, 1.82) is 0 Å². The number of hydrogen-bond acceptors (Lipinski definition) is 1. The third kappa shape index (κ3) is 5.35. The zero-order chi connectivity index (χ0) is 25.7. The fourth-order valence-electron chi connectivity index (χ4n) is 4.04. The molecule has 1 nitrogen and oxygen atoms in total. The van der Waals surface area contributed by atoms with Crippen LogP contribution < -0.4 is 4.74 Å². The Hall–Kier alpha value is -3.86. The maximum Gasteiger partial charge on any atom is 0.201 e. The molecule has 0 heterocycles. The molecule has 0 unspecified atom stereocenters. The fourth-order valence-corrected chi connectivity index (χ4v) is 4.04. The monoisotopic (exact) mass is 490 g/mol. The summed E-state index contributed by atoms with van der Waals surface area (Å²) in [7, 11) is 0. The normalized spacial score (nSPS) is 11.3. The minimum atomic E-state index is -1.04. The predicted molar refractivity (Wildman–Crippen MR) is 138 cm³/mol. The molecule has 0 aromatic heterocycles. The van der Waals surface area contributed by atoms with E-state index in [2.05, 4.69) is 6.92 Å². The minimum Gasteiger partial charge on any atom is -0.491 e. The maximum atomic E-state index is 15.0. The van der Waals surface area contributed by atoms with E-state index >= 15 is 0 Å². The quantitative estimate of drug-likeness (QED) is 0.177. The number of halogens is 4. The Morgan fingerprint density at radius 2 is 1.19 bits per heavy atom. The molecule has 0 aliphatic heterocycles. The van der Waals surface area contributed by atoms with Gasteiger partial charge in [-0.3, -0.25) is 0 Å². The molecule has 0 N–H and O–H groups in total. The summed E-state index contributed by atoms with van der Waals surface area (Å²) in [6.45, 7) is 4.01. The van der Waals surface area contributed by atoms with Crippen LogP contribution in [0.15, 0.2) is 72.8 Å². The molecule has 0 bridgehead atoms. The largest absolute Gasteiger partial charge is 0.491 e. The Bertz CT molecular complexity index is 1370. The highest BCUT2D eigenvalue weighted by molar-refractivity contribution is 5.75. The van der Waals surface area contributed by atoms with Crippen molar-refractivity contribution in [2.45, 2.75) is 26.7 Å². The highest BCUT2D eigenvalue weighted by Crippen LogP contribution is 2.32. The Labute approximate surface area is 208 Å². The van der Waals surface area contributed by atoms with Crippen LogP contribution in [0.1, 0.15) is 37.0 Å². The first-order chi connectivity index (χ1) is 17.4. The first-order valence-electron chi connectivity index (χ1n) is 11.9. The third-order valence-corrected chi connectivity index (χ3v) is 5.94. The van der Waals surface area contributed by atoms with Crippen molar-refractivity contribution in [3.63, 3.8) is 0 Å². The van der Waals surface area contributed by atoms with Gasteiger partial charge in [-0.25, -0.2) is 13.2 Å². The van der Waals surface area contributed by atoms with Crippen LogP contribution in [0.2, 0.25) is 0 Å². The molecular weight excluding hydrogens is 464 g/mol. The van der Waals surface area contributed by atoms with Gasteiger partial charge in [0.2, 0.25) is 5.82 Å². The molecule has 4 aromatic carbocycles. The molecule has 0 spiro atoms. The summed E-state index contributed by atoms with van der Waals surface area (Å²) < 4.78 is 63.4. The van der Waals surface area contributed by atoms with E-state index in [0.717, 1.165) is 18.4 Å². The SMILES string of the molecule is CCCc1ccc(-c2ccc(-c3ccc(/C=C/c4ccc(OCC)c(F)c4F)cc3)c(F)c2F)cc1. The van der Waals surface area contributed by atoms with Crippen molar-refractivity contribution in [1.82, 2.24) is 0 Å². The van der Waals surface area contributed by atoms with Gasteiger partial charge in [0.05, 0.1) is 6.61 Å². The molecule has 0 radical (unpaired) electrons. The number of benzene rings is 4. The van der Waals surface area contributed by atoms with Crippen LogP contribution in [0.4, 0.5) is 17.6 Å². The van der Waals surface area contributed by atoms with E-state index in [-0.39, 0.29) is 29.0 Å². The van der Waals surface area contributed by atoms with Gasteiger partial charge < -0.3 is 4.74 Å². The maximum absolute atomic E-state index is 15.0. The molecule has 0 aliphatic rings. The van der Waals surface area contributed by atoms with Crippen LogP contribution in [-0.4, -0.2) is 6.61 Å². The lowest BCUT2D eigenvalue weighted by Crippen LogP contribution is -1.98. The number of ether oxygens (including phenoxy) is 1. The molecule has 5 heteroatoms. The van der Waals surface area contributed by atoms with Gasteiger partial charge >= 0.3 is 0 Å². The van der Waals surface area contributed by atoms with E-state index in [1.54, 1.807) is 49.4 Å². The summed E-state index contributed by atoms with van der Waals surface area (Å²) in [4.78, 5) is 0. The van der Waals surface area contributed by atoms with E-state index in [1.165, 1.54) is 18.2 Å². The van der Waals surface area contributed by atoms with Gasteiger partial charge in [0, 0.05) is 16.7 Å². The van der Waals surface area contributed by atoms with Crippen LogP contribution in [0.3, 0.4) is 0 Å². The molecule has 184 valence electrons. The first kappa shape index (κ1) is 25.2. The highest BCUT2D eigenvalue weighted by Gasteiger charge is 2.16. The van der Waals surface area contributed by atoms with Crippen LogP contribution in [0.5, 0.6) is 5.75 Å². The summed E-state index contributed by atoms with van der Waals surface area (Å²) >= 11 is 0. The Morgan fingerprint density at radius 1 is 0.611 bits per heavy atom. The first-order valence-corrected chi connectivity index (χ1v) is 11.9. The second kappa shape index (κ2) is 11.3. The summed E-state index contributed by atoms with van der Waals surface area (Å²) in [6.07, 6.45) is 5.02. The van der Waals surface area contributed by atoms with Gasteiger partial charge in [0.15, 0.2) is 23.2 Å². The molecule has 4 aromatic rings. The number of aryl methyl sites for hydroxylation is 1. The minimum absolute atomic E-state index is 0.0754. The second-order valence-electron chi connectivity index (χ2n) is 8.40. The van der Waals surface area contributed by atoms with Gasteiger partial charge in [0.1, 0.15) is 0 Å². The van der Waals surface area contributed by atoms with Crippen molar-refractivity contribution < 1.29 is 22.3 Å². The number of hydrogen-bond donors (Lipinski definition) is 0. The smallest absolute Gasteiger partial charge is 0.201 e. The average molecular weight is 491 g/mol. The summed E-state index contributed by atoms with van der Waals surface area (Å²) in [5.74, 6) is -3.97. The van der Waals surface area contributed by atoms with Gasteiger partial charge in [0.25, 0.3) is 0 Å². The van der Waals surface area contributed by atoms with Crippen molar-refractivity contribution in [3.8, 4) is 28.0 Å². The zero-order valence-electron chi connectivity index (χ0n) is 20.1. The van der Waals surface area contributed by atoms with E-state index in [1.807, 2.05) is 24.3 Å². The van der Waals surface area contributed by atoms with Gasteiger partial charge in [-0.15, -0.1) is 0 Å². The zero-order valence-corrected chi connectivity index (χ0v) is 20.1. The van der Waals surface area contributed by atoms with Crippen molar-refractivity contribution in [2.24, 2.45) is 0 Å². The molecule has 0 saturated heterocycles. The second-order valence-corrected chi connectivity index (χ2v) is 8.40. The van der Waals surface area contributed by atoms with Crippen LogP contribution >= 0.6 is 0 Å². The lowest BCUT2D eigenvalue weighted by atomic mass is 9.97. The Balaban J connectivity index is 1.54. The Kier molecular flexibility index (Phi) is 7.89. The van der Waals surface area contributed by atoms with Crippen molar-refractivity contribution in [2.75, 3.05) is 6.61 Å². The molecule has 0 amide bonds. The lowest BCUT2D eigenvalue weighted by Gasteiger charge is -2.10. The van der Waals surface area contributed by atoms with Crippen LogP contribution in [0, 0.1) is 23.3 Å². The van der Waals surface area contributed by atoms with Crippen molar-refractivity contribution >= 4 is 12.2 Å². The fraction of sp³-hybridized carbons (Fsp3) is 0.161. The molecule has 0 atom stereocenters. The van der Waals surface area contributed by atoms with Gasteiger partial charge in [-0.2, -0.15) is 4.39 Å². The molecule has 0 fully saturated rings. The molecule has 36 heavy (non-hydrogen) atoms. The number of rotatable bonds is 8. The standard InChI is InChI=1S/C31H26F4O/c1-3-5-20-6-11-22(12-7-20)25-17-18-26(30(34)29(25)33)23-13-8-21(9-14-23)10-15-24-16-19-27(36-4-2)31(35)28(24)32/h6-19H,3-5H2,1-2H3/b15-10+. The average Bonchev–Trinajstić information content (AvgIpc) is 2.89. The molecule has 0 saturated carbocycles. The molecular formula is C31H26F4O. The van der Waals surface area contributed by atoms with Crippen molar-refractivity contribution in [3.05, 3.63) is 113 Å². The summed E-state index contributed by atoms with van der Waals surface area (Å²) in [5, 5.41) is 0. The molecule has 4 rings (SSSR count). The summed E-state index contributed by atoms with van der Waals surface area (Å²) in [5.41, 5.74) is 3.41. The van der Waals surface area contributed by atoms with Crippen LogP contribution in [-0.2, 0) is 6.42 Å². The van der Waals surface area contributed by atoms with Gasteiger partial charge in [-0.1, -0.05) is 86.2 Å². The van der Waals surface area contributed by atoms with Crippen LogP contribution in [0.25, 0.3) is 34.4 Å². The topological polar surface area (TPSA) is 9.23 Å². The predicted octanol–water partition coefficient (Wildman–Crippen LogP) is 9.10. The highest BCUT2D eigenvalue weighted by atomic mass is 19.2. The van der Waals surface area contributed by atoms with Gasteiger partial charge in [-0.05, 0) is 47.7 Å².